The second-order valence-corrected chi connectivity index (χ2v) is 6.23. The zero-order valence-electron chi connectivity index (χ0n) is 14.3. The van der Waals surface area contributed by atoms with Gasteiger partial charge in [-0.15, -0.1) is 0 Å². The van der Waals surface area contributed by atoms with Gasteiger partial charge in [-0.2, -0.15) is 13.2 Å². The Morgan fingerprint density at radius 3 is 2.50 bits per heavy atom. The van der Waals surface area contributed by atoms with Gasteiger partial charge in [-0.3, -0.25) is 9.69 Å². The number of carboxylic acid groups (broad SMARTS) is 1. The monoisotopic (exact) mass is 377 g/mol. The summed E-state index contributed by atoms with van der Waals surface area (Å²) in [6.45, 7) is 3.41. The van der Waals surface area contributed by atoms with Crippen LogP contribution < -0.4 is 0 Å². The van der Waals surface area contributed by atoms with Crippen LogP contribution in [0.25, 0.3) is 0 Å². The molecule has 0 radical (unpaired) electrons. The third-order valence-corrected chi connectivity index (χ3v) is 4.52. The van der Waals surface area contributed by atoms with E-state index in [1.165, 1.54) is 0 Å². The number of alkyl halides is 3. The molecule has 2 atom stereocenters. The molecule has 1 aromatic rings. The summed E-state index contributed by atoms with van der Waals surface area (Å²) in [6, 6.07) is 2.29. The zero-order valence-corrected chi connectivity index (χ0v) is 14.3. The largest absolute Gasteiger partial charge is 0.490 e. The number of likely N-dealkylation sites (N-methyl/N-ethyl adjacent to an activating group) is 1. The van der Waals surface area contributed by atoms with Gasteiger partial charge in [0.05, 0.1) is 18.3 Å². The summed E-state index contributed by atoms with van der Waals surface area (Å²) in [5.41, 5.74) is 0.749. The molecule has 26 heavy (non-hydrogen) atoms. The number of nitrogens with zero attached hydrogens (tertiary/aromatic N) is 2. The Labute approximate surface area is 148 Å². The number of carboxylic acids is 1. The van der Waals surface area contributed by atoms with Crippen LogP contribution >= 0.6 is 0 Å². The lowest BCUT2D eigenvalue weighted by atomic mass is 10.0. The number of fused-ring (bicyclic) bond motifs is 1. The maximum Gasteiger partial charge on any atom is 0.490 e. The zero-order chi connectivity index (χ0) is 19.3. The van der Waals surface area contributed by atoms with Gasteiger partial charge in [-0.1, -0.05) is 0 Å². The highest BCUT2D eigenvalue weighted by Gasteiger charge is 2.38. The molecule has 3 rings (SSSR count). The number of hydrogen-bond acceptors (Lipinski definition) is 4. The standard InChI is InChI=1S/C14H21N3O2.C2HF3O2/c1-16-8-9-19-13-4-7-17(6-3-12(13)16)14(18)11-2-5-15-10-11;3-2(4,5)1(6)7/h2,5,10,12-13,15H,3-4,6-9H2,1H3;(H,6,7). The molecule has 2 aliphatic rings. The Hall–Kier alpha value is -2.07. The summed E-state index contributed by atoms with van der Waals surface area (Å²) in [7, 11) is 2.16. The van der Waals surface area contributed by atoms with E-state index in [1.54, 1.807) is 12.4 Å². The van der Waals surface area contributed by atoms with E-state index >= 15 is 0 Å². The number of amides is 1. The van der Waals surface area contributed by atoms with Gasteiger partial charge >= 0.3 is 12.1 Å². The number of carbonyl (C=O) groups excluding carboxylic acids is 1. The first-order valence-corrected chi connectivity index (χ1v) is 8.24. The predicted octanol–water partition coefficient (Wildman–Crippen LogP) is 1.58. The Kier molecular flexibility index (Phi) is 6.65. The number of hydrogen-bond donors (Lipinski definition) is 2. The van der Waals surface area contributed by atoms with Gasteiger partial charge in [0.25, 0.3) is 5.91 Å². The highest BCUT2D eigenvalue weighted by Crippen LogP contribution is 2.23. The summed E-state index contributed by atoms with van der Waals surface area (Å²) in [5, 5.41) is 7.12. The Morgan fingerprint density at radius 1 is 1.27 bits per heavy atom. The molecule has 0 aromatic carbocycles. The fourth-order valence-electron chi connectivity index (χ4n) is 3.12. The smallest absolute Gasteiger partial charge is 0.475 e. The van der Waals surface area contributed by atoms with Crippen LogP contribution in [0.3, 0.4) is 0 Å². The van der Waals surface area contributed by atoms with Crippen LogP contribution in [0.2, 0.25) is 0 Å². The van der Waals surface area contributed by atoms with Crippen molar-refractivity contribution in [3.8, 4) is 0 Å². The van der Waals surface area contributed by atoms with Gasteiger partial charge in [-0.05, 0) is 26.0 Å². The molecule has 1 amide bonds. The van der Waals surface area contributed by atoms with Gasteiger partial charge < -0.3 is 19.7 Å². The maximum absolute atomic E-state index is 12.4. The topological polar surface area (TPSA) is 85.9 Å². The van der Waals surface area contributed by atoms with Crippen molar-refractivity contribution in [2.75, 3.05) is 33.3 Å². The normalized spacial score (nSPS) is 24.1. The van der Waals surface area contributed by atoms with Gasteiger partial charge in [0.15, 0.2) is 0 Å². The molecule has 10 heteroatoms. The summed E-state index contributed by atoms with van der Waals surface area (Å²) in [6.07, 6.45) is 0.690. The third-order valence-electron chi connectivity index (χ3n) is 4.52. The van der Waals surface area contributed by atoms with Crippen LogP contribution in [0.4, 0.5) is 13.2 Å². The number of ether oxygens (including phenoxy) is 1. The number of nitrogens with one attached hydrogen (secondary N) is 1. The van der Waals surface area contributed by atoms with Crippen LogP contribution in [0, 0.1) is 0 Å². The van der Waals surface area contributed by atoms with Crippen molar-refractivity contribution in [2.24, 2.45) is 0 Å². The molecule has 2 saturated heterocycles. The summed E-state index contributed by atoms with van der Waals surface area (Å²) in [5.74, 6) is -2.63. The Morgan fingerprint density at radius 2 is 1.92 bits per heavy atom. The number of aromatic amines is 1. The van der Waals surface area contributed by atoms with E-state index < -0.39 is 12.1 Å². The quantitative estimate of drug-likeness (QED) is 0.776. The molecule has 0 bridgehead atoms. The van der Waals surface area contributed by atoms with Gasteiger partial charge in [-0.25, -0.2) is 4.79 Å². The number of H-pyrrole nitrogens is 1. The summed E-state index contributed by atoms with van der Waals surface area (Å²) >= 11 is 0. The lowest BCUT2D eigenvalue weighted by molar-refractivity contribution is -0.192. The average Bonchev–Trinajstić information content (AvgIpc) is 3.01. The van der Waals surface area contributed by atoms with E-state index in [9.17, 15) is 18.0 Å². The Bertz CT molecular complexity index is 606. The number of aromatic nitrogens is 1. The van der Waals surface area contributed by atoms with Gasteiger partial charge in [0.1, 0.15) is 0 Å². The molecule has 0 aliphatic carbocycles. The van der Waals surface area contributed by atoms with Crippen LogP contribution in [0.5, 0.6) is 0 Å². The van der Waals surface area contributed by atoms with E-state index in [4.69, 9.17) is 14.6 Å². The molecule has 2 unspecified atom stereocenters. The second kappa shape index (κ2) is 8.54. The second-order valence-electron chi connectivity index (χ2n) is 6.23. The van der Waals surface area contributed by atoms with Gasteiger partial charge in [0, 0.05) is 38.1 Å². The molecule has 2 N–H and O–H groups in total. The molecule has 2 fully saturated rings. The lowest BCUT2D eigenvalue weighted by Crippen LogP contribution is -2.49. The number of halogens is 3. The van der Waals surface area contributed by atoms with E-state index in [1.807, 2.05) is 11.0 Å². The summed E-state index contributed by atoms with van der Waals surface area (Å²) in [4.78, 5) is 28.5. The van der Waals surface area contributed by atoms with Crippen molar-refractivity contribution in [3.63, 3.8) is 0 Å². The third kappa shape index (κ3) is 5.21. The Balaban J connectivity index is 0.000000298. The number of aliphatic carboxylic acids is 1. The highest BCUT2D eigenvalue weighted by atomic mass is 19.4. The fraction of sp³-hybridized carbons (Fsp3) is 0.625. The lowest BCUT2D eigenvalue weighted by Gasteiger charge is -2.37. The van der Waals surface area contributed by atoms with Crippen LogP contribution in [0.15, 0.2) is 18.5 Å². The minimum atomic E-state index is -5.08. The molecule has 0 spiro atoms. The molecule has 0 saturated carbocycles. The van der Waals surface area contributed by atoms with Crippen LogP contribution in [-0.2, 0) is 9.53 Å². The van der Waals surface area contributed by atoms with Crippen LogP contribution in [0.1, 0.15) is 23.2 Å². The first kappa shape index (κ1) is 20.2. The van der Waals surface area contributed by atoms with E-state index in [2.05, 4.69) is 16.9 Å². The van der Waals surface area contributed by atoms with Crippen molar-refractivity contribution in [1.29, 1.82) is 0 Å². The number of carbonyl (C=O) groups is 2. The van der Waals surface area contributed by atoms with E-state index in [0.717, 1.165) is 44.6 Å². The van der Waals surface area contributed by atoms with E-state index in [0.29, 0.717) is 6.04 Å². The number of morpholine rings is 1. The molecule has 146 valence electrons. The van der Waals surface area contributed by atoms with Crippen molar-refractivity contribution >= 4 is 11.9 Å². The minimum absolute atomic E-state index is 0.127. The number of likely N-dealkylation sites (tertiary alicyclic amines) is 1. The first-order chi connectivity index (χ1) is 12.2. The van der Waals surface area contributed by atoms with Gasteiger partial charge in [0.2, 0.25) is 0 Å². The number of rotatable bonds is 1. The fourth-order valence-corrected chi connectivity index (χ4v) is 3.12. The SMILES string of the molecule is CN1CCOC2CCN(C(=O)c3cc[nH]c3)CCC21.O=C(O)C(F)(F)F. The molecular weight excluding hydrogens is 355 g/mol. The average molecular weight is 377 g/mol. The molecule has 1 aromatic heterocycles. The highest BCUT2D eigenvalue weighted by molar-refractivity contribution is 5.94. The molecule has 3 heterocycles. The molecule has 2 aliphatic heterocycles. The van der Waals surface area contributed by atoms with Crippen molar-refractivity contribution in [3.05, 3.63) is 24.0 Å². The van der Waals surface area contributed by atoms with E-state index in [-0.39, 0.29) is 12.0 Å². The predicted molar refractivity (Wildman–Crippen MR) is 85.8 cm³/mol. The van der Waals surface area contributed by atoms with Crippen LogP contribution in [-0.4, -0.2) is 83.4 Å². The summed E-state index contributed by atoms with van der Waals surface area (Å²) < 4.78 is 37.6. The van der Waals surface area contributed by atoms with Crippen molar-refractivity contribution < 1.29 is 32.6 Å². The maximum atomic E-state index is 12.4. The first-order valence-electron chi connectivity index (χ1n) is 8.24. The molecular formula is C16H22F3N3O4. The minimum Gasteiger partial charge on any atom is -0.475 e. The van der Waals surface area contributed by atoms with Crippen molar-refractivity contribution in [2.45, 2.75) is 31.2 Å². The molecule has 7 nitrogen and oxygen atoms in total. The van der Waals surface area contributed by atoms with Crippen molar-refractivity contribution in [1.82, 2.24) is 14.8 Å².